The van der Waals surface area contributed by atoms with Gasteiger partial charge in [-0.15, -0.1) is 0 Å². The summed E-state index contributed by atoms with van der Waals surface area (Å²) < 4.78 is 12.6. The molecule has 2 aromatic rings. The monoisotopic (exact) mass is 369 g/mol. The minimum absolute atomic E-state index is 0.431. The zero-order chi connectivity index (χ0) is 20.0. The van der Waals surface area contributed by atoms with Gasteiger partial charge in [-0.1, -0.05) is 38.5 Å². The molecule has 3 nitrogen and oxygen atoms in total. The second kappa shape index (κ2) is 9.27. The number of hydrogen-bond acceptors (Lipinski definition) is 3. The van der Waals surface area contributed by atoms with E-state index in [1.807, 2.05) is 25.1 Å². The standard InChI is InChI=1S/C24H35NO2/c1-7-10-14-18-16-20(24(5,6)25)19(8-2)23(26-9-3)22(18)27-21-15-12-11-13-17(21)4/h11-13,15-16H,7-10,14,25H2,1-6H3. The van der Waals surface area contributed by atoms with E-state index in [9.17, 15) is 0 Å². The Balaban J connectivity index is 2.71. The van der Waals surface area contributed by atoms with Crippen molar-refractivity contribution in [3.8, 4) is 17.2 Å². The third-order valence-corrected chi connectivity index (χ3v) is 4.86. The van der Waals surface area contributed by atoms with Crippen molar-refractivity contribution in [3.63, 3.8) is 0 Å². The number of para-hydroxylation sites is 1. The first kappa shape index (κ1) is 21.3. The molecule has 0 radical (unpaired) electrons. The van der Waals surface area contributed by atoms with Crippen molar-refractivity contribution >= 4 is 0 Å². The number of unbranched alkanes of at least 4 members (excludes halogenated alkanes) is 1. The van der Waals surface area contributed by atoms with Crippen LogP contribution in [0.5, 0.6) is 17.2 Å². The molecule has 0 heterocycles. The molecule has 0 unspecified atom stereocenters. The number of nitrogens with two attached hydrogens (primary N) is 1. The van der Waals surface area contributed by atoms with E-state index >= 15 is 0 Å². The summed E-state index contributed by atoms with van der Waals surface area (Å²) in [4.78, 5) is 0. The van der Waals surface area contributed by atoms with Gasteiger partial charge in [0.1, 0.15) is 5.75 Å². The topological polar surface area (TPSA) is 44.5 Å². The number of aryl methyl sites for hydroxylation is 2. The molecule has 27 heavy (non-hydrogen) atoms. The molecular weight excluding hydrogens is 334 g/mol. The van der Waals surface area contributed by atoms with Crippen LogP contribution in [0.1, 0.15) is 69.7 Å². The molecule has 0 fully saturated rings. The Morgan fingerprint density at radius 2 is 1.74 bits per heavy atom. The summed E-state index contributed by atoms with van der Waals surface area (Å²) in [7, 11) is 0. The highest BCUT2D eigenvalue weighted by Crippen LogP contribution is 2.44. The highest BCUT2D eigenvalue weighted by molar-refractivity contribution is 5.59. The summed E-state index contributed by atoms with van der Waals surface area (Å²) >= 11 is 0. The summed E-state index contributed by atoms with van der Waals surface area (Å²) in [5.41, 5.74) is 10.7. The maximum absolute atomic E-state index is 6.53. The maximum atomic E-state index is 6.53. The summed E-state index contributed by atoms with van der Waals surface area (Å²) in [5, 5.41) is 0. The van der Waals surface area contributed by atoms with E-state index in [0.29, 0.717) is 6.61 Å². The van der Waals surface area contributed by atoms with E-state index in [0.717, 1.165) is 59.6 Å². The van der Waals surface area contributed by atoms with Crippen molar-refractivity contribution < 1.29 is 9.47 Å². The Labute approximate surface area is 164 Å². The van der Waals surface area contributed by atoms with Gasteiger partial charge in [-0.3, -0.25) is 0 Å². The predicted molar refractivity (Wildman–Crippen MR) is 114 cm³/mol. The van der Waals surface area contributed by atoms with Gasteiger partial charge in [0.05, 0.1) is 6.61 Å². The van der Waals surface area contributed by atoms with Crippen molar-refractivity contribution in [2.24, 2.45) is 5.73 Å². The molecule has 0 amide bonds. The first-order valence-electron chi connectivity index (χ1n) is 10.2. The summed E-state index contributed by atoms with van der Waals surface area (Å²) in [6.07, 6.45) is 4.03. The van der Waals surface area contributed by atoms with Crippen LogP contribution in [0.15, 0.2) is 30.3 Å². The molecule has 0 bridgehead atoms. The van der Waals surface area contributed by atoms with Gasteiger partial charge in [-0.25, -0.2) is 0 Å². The van der Waals surface area contributed by atoms with E-state index < -0.39 is 5.54 Å². The van der Waals surface area contributed by atoms with E-state index in [2.05, 4.69) is 46.8 Å². The Morgan fingerprint density at radius 1 is 1.04 bits per heavy atom. The lowest BCUT2D eigenvalue weighted by Crippen LogP contribution is -2.30. The molecule has 0 aliphatic heterocycles. The van der Waals surface area contributed by atoms with Crippen molar-refractivity contribution in [2.45, 2.75) is 72.8 Å². The van der Waals surface area contributed by atoms with Crippen LogP contribution in [0.3, 0.4) is 0 Å². The van der Waals surface area contributed by atoms with Gasteiger partial charge in [0.25, 0.3) is 0 Å². The van der Waals surface area contributed by atoms with Crippen molar-refractivity contribution in [2.75, 3.05) is 6.61 Å². The number of benzene rings is 2. The molecular formula is C24H35NO2. The van der Waals surface area contributed by atoms with Gasteiger partial charge in [-0.05, 0) is 75.8 Å². The van der Waals surface area contributed by atoms with Crippen LogP contribution in [0.25, 0.3) is 0 Å². The molecule has 148 valence electrons. The van der Waals surface area contributed by atoms with Gasteiger partial charge in [0.2, 0.25) is 0 Å². The van der Waals surface area contributed by atoms with Crippen molar-refractivity contribution in [3.05, 3.63) is 52.6 Å². The van der Waals surface area contributed by atoms with E-state index in [-0.39, 0.29) is 0 Å². The Bertz CT molecular complexity index is 760. The first-order chi connectivity index (χ1) is 12.8. The fourth-order valence-corrected chi connectivity index (χ4v) is 3.40. The van der Waals surface area contributed by atoms with E-state index in [1.165, 1.54) is 5.56 Å². The maximum Gasteiger partial charge on any atom is 0.172 e. The lowest BCUT2D eigenvalue weighted by atomic mass is 9.86. The van der Waals surface area contributed by atoms with E-state index in [4.69, 9.17) is 15.2 Å². The molecule has 0 aromatic heterocycles. The van der Waals surface area contributed by atoms with Crippen LogP contribution in [0, 0.1) is 6.92 Å². The smallest absolute Gasteiger partial charge is 0.172 e. The van der Waals surface area contributed by atoms with Gasteiger partial charge < -0.3 is 15.2 Å². The van der Waals surface area contributed by atoms with Crippen LogP contribution >= 0.6 is 0 Å². The van der Waals surface area contributed by atoms with Crippen LogP contribution in [0.4, 0.5) is 0 Å². The summed E-state index contributed by atoms with van der Waals surface area (Å²) in [5.74, 6) is 2.58. The number of ether oxygens (including phenoxy) is 2. The summed E-state index contributed by atoms with van der Waals surface area (Å²) in [6.45, 7) is 13.2. The lowest BCUT2D eigenvalue weighted by Gasteiger charge is -2.28. The minimum atomic E-state index is -0.431. The third-order valence-electron chi connectivity index (χ3n) is 4.86. The van der Waals surface area contributed by atoms with Crippen LogP contribution < -0.4 is 15.2 Å². The zero-order valence-electron chi connectivity index (χ0n) is 17.8. The normalized spacial score (nSPS) is 11.5. The highest BCUT2D eigenvalue weighted by Gasteiger charge is 2.26. The minimum Gasteiger partial charge on any atom is -0.490 e. The molecule has 2 N–H and O–H groups in total. The molecule has 0 saturated heterocycles. The average molecular weight is 370 g/mol. The molecule has 0 atom stereocenters. The molecule has 0 aliphatic rings. The second-order valence-electron chi connectivity index (χ2n) is 7.70. The molecule has 3 heteroatoms. The fourth-order valence-electron chi connectivity index (χ4n) is 3.40. The molecule has 0 saturated carbocycles. The largest absolute Gasteiger partial charge is 0.490 e. The first-order valence-corrected chi connectivity index (χ1v) is 10.2. The van der Waals surface area contributed by atoms with Gasteiger partial charge in [0, 0.05) is 11.1 Å². The SMILES string of the molecule is CCCCc1cc(C(C)(C)N)c(CC)c(OCC)c1Oc1ccccc1C. The summed E-state index contributed by atoms with van der Waals surface area (Å²) in [6, 6.07) is 10.4. The van der Waals surface area contributed by atoms with Gasteiger partial charge in [0.15, 0.2) is 11.5 Å². The van der Waals surface area contributed by atoms with Crippen molar-refractivity contribution in [1.29, 1.82) is 0 Å². The van der Waals surface area contributed by atoms with Crippen LogP contribution in [-0.4, -0.2) is 6.61 Å². The fraction of sp³-hybridized carbons (Fsp3) is 0.500. The quantitative estimate of drug-likeness (QED) is 0.565. The third kappa shape index (κ3) is 5.04. The van der Waals surface area contributed by atoms with E-state index in [1.54, 1.807) is 0 Å². The molecule has 2 rings (SSSR count). The highest BCUT2D eigenvalue weighted by atomic mass is 16.5. The molecule has 2 aromatic carbocycles. The van der Waals surface area contributed by atoms with Crippen LogP contribution in [0.2, 0.25) is 0 Å². The Morgan fingerprint density at radius 3 is 2.30 bits per heavy atom. The Kier molecular flexibility index (Phi) is 7.32. The molecule has 0 spiro atoms. The second-order valence-corrected chi connectivity index (χ2v) is 7.70. The van der Waals surface area contributed by atoms with Crippen molar-refractivity contribution in [1.82, 2.24) is 0 Å². The Hall–Kier alpha value is -2.00. The zero-order valence-corrected chi connectivity index (χ0v) is 17.8. The molecule has 0 aliphatic carbocycles. The van der Waals surface area contributed by atoms with Gasteiger partial charge >= 0.3 is 0 Å². The number of rotatable bonds is 9. The average Bonchev–Trinajstić information content (AvgIpc) is 2.62. The van der Waals surface area contributed by atoms with Crippen LogP contribution in [-0.2, 0) is 18.4 Å². The predicted octanol–water partition coefficient (Wildman–Crippen LogP) is 6.28. The lowest BCUT2D eigenvalue weighted by molar-refractivity contribution is 0.314. The number of hydrogen-bond donors (Lipinski definition) is 1. The van der Waals surface area contributed by atoms with Gasteiger partial charge in [-0.2, -0.15) is 0 Å².